The molecule has 2 N–H and O–H groups in total. The lowest BCUT2D eigenvalue weighted by Crippen LogP contribution is -3.12. The summed E-state index contributed by atoms with van der Waals surface area (Å²) in [6.45, 7) is 6.71. The first-order valence-electron chi connectivity index (χ1n) is 8.09. The van der Waals surface area contributed by atoms with Crippen LogP contribution in [0.5, 0.6) is 0 Å². The zero-order chi connectivity index (χ0) is 17.6. The third kappa shape index (κ3) is 2.54. The number of likely N-dealkylation sites (N-methyl/N-ethyl adjacent to an activating group) is 1. The molecule has 0 saturated carbocycles. The van der Waals surface area contributed by atoms with E-state index in [1.54, 1.807) is 18.5 Å². The molecule has 9 heteroatoms. The van der Waals surface area contributed by atoms with E-state index in [1.165, 1.54) is 16.4 Å². The summed E-state index contributed by atoms with van der Waals surface area (Å²) in [4.78, 5) is 46.6. The molecule has 9 nitrogen and oxygen atoms in total. The number of rotatable bonds is 3. The van der Waals surface area contributed by atoms with Crippen LogP contribution in [0.25, 0.3) is 11.2 Å². The van der Waals surface area contributed by atoms with Gasteiger partial charge < -0.3 is 9.80 Å². The van der Waals surface area contributed by atoms with Crippen molar-refractivity contribution in [3.05, 3.63) is 20.8 Å². The van der Waals surface area contributed by atoms with Crippen molar-refractivity contribution in [2.45, 2.75) is 19.9 Å². The molecule has 0 aliphatic carbocycles. The summed E-state index contributed by atoms with van der Waals surface area (Å²) in [5.74, 6) is 0.510. The van der Waals surface area contributed by atoms with Gasteiger partial charge in [0.15, 0.2) is 16.9 Å². The summed E-state index contributed by atoms with van der Waals surface area (Å²) in [6, 6.07) is -0.532. The summed E-state index contributed by atoms with van der Waals surface area (Å²) >= 11 is 0. The highest BCUT2D eigenvalue weighted by Crippen LogP contribution is 2.24. The van der Waals surface area contributed by atoms with E-state index in [-0.39, 0.29) is 11.3 Å². The van der Waals surface area contributed by atoms with Crippen molar-refractivity contribution >= 4 is 22.9 Å². The quantitative estimate of drug-likeness (QED) is 0.670. The van der Waals surface area contributed by atoms with Gasteiger partial charge in [-0.05, 0) is 13.8 Å². The largest absolute Gasteiger partial charge is 0.334 e. The van der Waals surface area contributed by atoms with E-state index >= 15 is 0 Å². The summed E-state index contributed by atoms with van der Waals surface area (Å²) in [5.41, 5.74) is -0.457. The van der Waals surface area contributed by atoms with Crippen molar-refractivity contribution in [2.24, 2.45) is 7.05 Å². The number of nitrogens with zero attached hydrogens (tertiary/aromatic N) is 4. The Labute approximate surface area is 138 Å². The molecule has 0 radical (unpaired) electrons. The Morgan fingerprint density at radius 3 is 2.50 bits per heavy atom. The molecule has 1 fully saturated rings. The second-order valence-corrected chi connectivity index (χ2v) is 6.50. The molecule has 0 aromatic carbocycles. The topological polar surface area (TPSA) is 97.4 Å². The smallest absolute Gasteiger partial charge is 0.329 e. The van der Waals surface area contributed by atoms with Crippen LogP contribution in [-0.4, -0.2) is 58.1 Å². The Morgan fingerprint density at radius 1 is 1.29 bits per heavy atom. The highest BCUT2D eigenvalue weighted by molar-refractivity contribution is 5.84. The van der Waals surface area contributed by atoms with Gasteiger partial charge in [0.1, 0.15) is 0 Å². The molecule has 0 unspecified atom stereocenters. The average molecular weight is 335 g/mol. The Balaban J connectivity index is 2.28. The number of H-pyrrole nitrogens is 1. The van der Waals surface area contributed by atoms with Crippen LogP contribution in [0.15, 0.2) is 9.59 Å². The number of nitrogens with one attached hydrogen (secondary N) is 2. The van der Waals surface area contributed by atoms with Crippen LogP contribution in [0.3, 0.4) is 0 Å². The van der Waals surface area contributed by atoms with E-state index < -0.39 is 17.3 Å². The average Bonchev–Trinajstić information content (AvgIpc) is 2.93. The molecule has 0 amide bonds. The number of aromatic amines is 1. The zero-order valence-corrected chi connectivity index (χ0v) is 14.4. The van der Waals surface area contributed by atoms with Gasteiger partial charge in [-0.1, -0.05) is 0 Å². The van der Waals surface area contributed by atoms with Crippen LogP contribution in [0, 0.1) is 0 Å². The number of quaternary nitrogens is 1. The van der Waals surface area contributed by atoms with Crippen molar-refractivity contribution in [1.82, 2.24) is 19.1 Å². The normalized spacial score (nSPS) is 17.4. The van der Waals surface area contributed by atoms with Gasteiger partial charge in [0.25, 0.3) is 5.56 Å². The standard InChI is InChI=1S/C15H22N6O3/c1-9(10(2)22)21-11-12(19(4)15(24)17-13(11)23)16-14(21)20-7-5-18(3)6-8-20/h9H,5-8H2,1-4H3,(H,17,23,24)/p+1/t9-/m1/s1. The number of aromatic nitrogens is 4. The van der Waals surface area contributed by atoms with E-state index in [0.717, 1.165) is 26.2 Å². The Hall–Kier alpha value is -2.42. The first kappa shape index (κ1) is 16.4. The third-order valence-electron chi connectivity index (χ3n) is 4.81. The fraction of sp³-hybridized carbons (Fsp3) is 0.600. The summed E-state index contributed by atoms with van der Waals surface area (Å²) in [5, 5.41) is 0. The molecule has 3 heterocycles. The molecular formula is C15H23N6O3+. The van der Waals surface area contributed by atoms with E-state index in [1.807, 2.05) is 0 Å². The number of fused-ring (bicyclic) bond motifs is 1. The summed E-state index contributed by atoms with van der Waals surface area (Å²) in [7, 11) is 3.70. The maximum atomic E-state index is 12.4. The number of anilines is 1. The molecule has 1 atom stereocenters. The Kier molecular flexibility index (Phi) is 4.04. The first-order valence-corrected chi connectivity index (χ1v) is 8.09. The fourth-order valence-corrected chi connectivity index (χ4v) is 3.05. The molecule has 3 rings (SSSR count). The molecule has 1 saturated heterocycles. The highest BCUT2D eigenvalue weighted by atomic mass is 16.2. The van der Waals surface area contributed by atoms with Crippen LogP contribution in [0.1, 0.15) is 19.9 Å². The van der Waals surface area contributed by atoms with Crippen molar-refractivity contribution in [1.29, 1.82) is 0 Å². The van der Waals surface area contributed by atoms with Crippen LogP contribution >= 0.6 is 0 Å². The number of hydrogen-bond donors (Lipinski definition) is 2. The van der Waals surface area contributed by atoms with Crippen LogP contribution < -0.4 is 21.0 Å². The molecule has 0 bridgehead atoms. The highest BCUT2D eigenvalue weighted by Gasteiger charge is 2.28. The second kappa shape index (κ2) is 5.90. The van der Waals surface area contributed by atoms with E-state index in [0.29, 0.717) is 11.6 Å². The molecule has 1 aliphatic heterocycles. The number of Topliss-reactive ketones (excluding diaryl/α,β-unsaturated/α-hetero) is 1. The third-order valence-corrected chi connectivity index (χ3v) is 4.81. The van der Waals surface area contributed by atoms with Crippen LogP contribution in [-0.2, 0) is 11.8 Å². The number of piperazine rings is 1. The minimum Gasteiger partial charge on any atom is -0.334 e. The van der Waals surface area contributed by atoms with Crippen molar-refractivity contribution in [3.63, 3.8) is 0 Å². The van der Waals surface area contributed by atoms with Gasteiger partial charge in [0, 0.05) is 7.05 Å². The number of ketones is 1. The fourth-order valence-electron chi connectivity index (χ4n) is 3.05. The Bertz CT molecular complexity index is 900. The van der Waals surface area contributed by atoms with Gasteiger partial charge in [-0.15, -0.1) is 0 Å². The van der Waals surface area contributed by atoms with Gasteiger partial charge in [-0.3, -0.25) is 23.7 Å². The predicted molar refractivity (Wildman–Crippen MR) is 89.8 cm³/mol. The van der Waals surface area contributed by atoms with Crippen LogP contribution in [0.4, 0.5) is 5.95 Å². The minimum absolute atomic E-state index is 0.0662. The summed E-state index contributed by atoms with van der Waals surface area (Å²) < 4.78 is 2.97. The van der Waals surface area contributed by atoms with Gasteiger partial charge in [0.2, 0.25) is 5.95 Å². The summed E-state index contributed by atoms with van der Waals surface area (Å²) in [6.07, 6.45) is 0. The van der Waals surface area contributed by atoms with Crippen LogP contribution in [0.2, 0.25) is 0 Å². The Morgan fingerprint density at radius 2 is 1.92 bits per heavy atom. The minimum atomic E-state index is -0.532. The number of imidazole rings is 1. The van der Waals surface area contributed by atoms with E-state index in [4.69, 9.17) is 0 Å². The van der Waals surface area contributed by atoms with E-state index in [2.05, 4.69) is 21.9 Å². The number of hydrogen-bond acceptors (Lipinski definition) is 5. The zero-order valence-electron chi connectivity index (χ0n) is 14.4. The van der Waals surface area contributed by atoms with Gasteiger partial charge >= 0.3 is 5.69 Å². The molecule has 130 valence electrons. The van der Waals surface area contributed by atoms with Gasteiger partial charge in [-0.25, -0.2) is 4.79 Å². The lowest BCUT2D eigenvalue weighted by Gasteiger charge is -2.31. The molecule has 2 aromatic heterocycles. The van der Waals surface area contributed by atoms with Crippen molar-refractivity contribution < 1.29 is 9.69 Å². The van der Waals surface area contributed by atoms with Gasteiger partial charge in [0.05, 0.1) is 39.3 Å². The molecule has 1 aliphatic rings. The lowest BCUT2D eigenvalue weighted by atomic mass is 10.2. The second-order valence-electron chi connectivity index (χ2n) is 6.50. The predicted octanol–water partition coefficient (Wildman–Crippen LogP) is -2.09. The lowest BCUT2D eigenvalue weighted by molar-refractivity contribution is -0.880. The monoisotopic (exact) mass is 335 g/mol. The molecule has 2 aromatic rings. The number of carbonyl (C=O) groups excluding carboxylic acids is 1. The maximum Gasteiger partial charge on any atom is 0.329 e. The number of aryl methyl sites for hydroxylation is 1. The SMILES string of the molecule is CC(=O)[C@@H](C)n1c(N2CC[NH+](C)CC2)nc2c1c(=O)[nH]c(=O)n2C. The number of carbonyl (C=O) groups is 1. The van der Waals surface area contributed by atoms with Crippen molar-refractivity contribution in [2.75, 3.05) is 38.1 Å². The maximum absolute atomic E-state index is 12.4. The van der Waals surface area contributed by atoms with E-state index in [9.17, 15) is 14.4 Å². The molecule has 24 heavy (non-hydrogen) atoms. The van der Waals surface area contributed by atoms with Gasteiger partial charge in [-0.2, -0.15) is 4.98 Å². The molecule has 0 spiro atoms. The molecular weight excluding hydrogens is 312 g/mol. The first-order chi connectivity index (χ1) is 11.3. The van der Waals surface area contributed by atoms with Crippen molar-refractivity contribution in [3.8, 4) is 0 Å².